The zero-order valence-corrected chi connectivity index (χ0v) is 12.5. The van der Waals surface area contributed by atoms with Gasteiger partial charge in [-0.1, -0.05) is 49.0 Å². The molecule has 0 spiro atoms. The first-order valence-corrected chi connectivity index (χ1v) is 7.58. The van der Waals surface area contributed by atoms with Gasteiger partial charge in [-0.05, 0) is 12.1 Å². The van der Waals surface area contributed by atoms with Crippen molar-refractivity contribution in [3.63, 3.8) is 0 Å². The van der Waals surface area contributed by atoms with Gasteiger partial charge in [-0.25, -0.2) is 4.98 Å². The van der Waals surface area contributed by atoms with Crippen LogP contribution in [0.15, 0.2) is 52.5 Å². The topological polar surface area (TPSA) is 81.6 Å². The zero-order chi connectivity index (χ0) is 15.1. The van der Waals surface area contributed by atoms with Crippen LogP contribution in [0, 0.1) is 11.3 Å². The van der Waals surface area contributed by atoms with E-state index in [0.29, 0.717) is 17.5 Å². The minimum atomic E-state index is -0.810. The smallest absolute Gasteiger partial charge is 0.251 e. The third-order valence-electron chi connectivity index (χ3n) is 3.01. The molecule has 0 radical (unpaired) electrons. The van der Waals surface area contributed by atoms with Crippen LogP contribution < -0.4 is 10.9 Å². The standard InChI is InChI=1S/C15H16N4OS/c1-2-18-15(10-16,12-6-4-3-5-7-12)11-21-14-17-9-8-13(20)19-14/h3-9,18H,2,11H2,1H3,(H,17,19,20). The van der Waals surface area contributed by atoms with Gasteiger partial charge in [0.25, 0.3) is 5.56 Å². The number of hydrogen-bond donors (Lipinski definition) is 2. The largest absolute Gasteiger partial charge is 0.301 e. The van der Waals surface area contributed by atoms with Gasteiger partial charge in [0, 0.05) is 18.0 Å². The highest BCUT2D eigenvalue weighted by Crippen LogP contribution is 2.27. The van der Waals surface area contributed by atoms with Crippen molar-refractivity contribution in [2.45, 2.75) is 17.6 Å². The maximum atomic E-state index is 11.3. The molecule has 0 aliphatic heterocycles. The Labute approximate surface area is 127 Å². The zero-order valence-electron chi connectivity index (χ0n) is 11.7. The van der Waals surface area contributed by atoms with E-state index in [1.165, 1.54) is 24.0 Å². The monoisotopic (exact) mass is 300 g/mol. The van der Waals surface area contributed by atoms with E-state index < -0.39 is 5.54 Å². The van der Waals surface area contributed by atoms with Gasteiger partial charge >= 0.3 is 0 Å². The lowest BCUT2D eigenvalue weighted by molar-refractivity contribution is 0.490. The predicted octanol–water partition coefficient (Wildman–Crippen LogP) is 1.89. The van der Waals surface area contributed by atoms with Gasteiger partial charge in [-0.2, -0.15) is 5.26 Å². The van der Waals surface area contributed by atoms with Crippen molar-refractivity contribution in [3.05, 3.63) is 58.5 Å². The molecular weight excluding hydrogens is 284 g/mol. The summed E-state index contributed by atoms with van der Waals surface area (Å²) in [7, 11) is 0. The molecular formula is C15H16N4OS. The van der Waals surface area contributed by atoms with Crippen molar-refractivity contribution in [1.29, 1.82) is 5.26 Å². The van der Waals surface area contributed by atoms with Gasteiger partial charge in [0.1, 0.15) is 5.54 Å². The molecule has 1 heterocycles. The summed E-state index contributed by atoms with van der Waals surface area (Å²) >= 11 is 1.35. The number of aromatic amines is 1. The van der Waals surface area contributed by atoms with E-state index in [2.05, 4.69) is 21.4 Å². The molecule has 5 nitrogen and oxygen atoms in total. The van der Waals surface area contributed by atoms with Crippen LogP contribution in [0.3, 0.4) is 0 Å². The van der Waals surface area contributed by atoms with E-state index in [9.17, 15) is 10.1 Å². The number of aromatic nitrogens is 2. The van der Waals surface area contributed by atoms with E-state index in [1.54, 1.807) is 0 Å². The number of benzene rings is 1. The SMILES string of the molecule is CCNC(C#N)(CSc1nccc(=O)[nH]1)c1ccccc1. The molecule has 0 amide bonds. The summed E-state index contributed by atoms with van der Waals surface area (Å²) in [5.41, 5.74) is -0.104. The molecule has 0 fully saturated rings. The quantitative estimate of drug-likeness (QED) is 0.629. The fraction of sp³-hybridized carbons (Fsp3) is 0.267. The minimum absolute atomic E-state index is 0.196. The Morgan fingerprint density at radius 1 is 1.38 bits per heavy atom. The van der Waals surface area contributed by atoms with Crippen LogP contribution in [-0.4, -0.2) is 22.3 Å². The van der Waals surface area contributed by atoms with E-state index in [1.807, 2.05) is 37.3 Å². The van der Waals surface area contributed by atoms with Crippen LogP contribution in [0.5, 0.6) is 0 Å². The number of nitriles is 1. The molecule has 2 rings (SSSR count). The predicted molar refractivity (Wildman–Crippen MR) is 83.0 cm³/mol. The van der Waals surface area contributed by atoms with E-state index in [-0.39, 0.29) is 5.56 Å². The number of nitrogens with one attached hydrogen (secondary N) is 2. The lowest BCUT2D eigenvalue weighted by Gasteiger charge is -2.27. The van der Waals surface area contributed by atoms with Crippen molar-refractivity contribution in [1.82, 2.24) is 15.3 Å². The van der Waals surface area contributed by atoms with Gasteiger partial charge < -0.3 is 4.98 Å². The molecule has 2 N–H and O–H groups in total. The van der Waals surface area contributed by atoms with Crippen LogP contribution in [0.1, 0.15) is 12.5 Å². The third-order valence-corrected chi connectivity index (χ3v) is 4.07. The Kier molecular flexibility index (Phi) is 5.14. The maximum absolute atomic E-state index is 11.3. The van der Waals surface area contributed by atoms with Crippen LogP contribution in [-0.2, 0) is 5.54 Å². The first-order chi connectivity index (χ1) is 10.2. The van der Waals surface area contributed by atoms with Gasteiger partial charge in [0.2, 0.25) is 0 Å². The molecule has 21 heavy (non-hydrogen) atoms. The van der Waals surface area contributed by atoms with Crippen molar-refractivity contribution in [2.75, 3.05) is 12.3 Å². The van der Waals surface area contributed by atoms with Gasteiger partial charge in [0.05, 0.1) is 6.07 Å². The summed E-state index contributed by atoms with van der Waals surface area (Å²) in [6, 6.07) is 13.3. The Hall–Kier alpha value is -2.10. The van der Waals surface area contributed by atoms with Crippen LogP contribution >= 0.6 is 11.8 Å². The second-order valence-corrected chi connectivity index (χ2v) is 5.41. The van der Waals surface area contributed by atoms with Crippen LogP contribution in [0.4, 0.5) is 0 Å². The molecule has 0 aliphatic carbocycles. The van der Waals surface area contributed by atoms with E-state index in [0.717, 1.165) is 5.56 Å². The Bertz CT molecular complexity index is 680. The van der Waals surface area contributed by atoms with Gasteiger partial charge in [0.15, 0.2) is 5.16 Å². The molecule has 0 bridgehead atoms. The second kappa shape index (κ2) is 7.07. The molecule has 0 saturated carbocycles. The Balaban J connectivity index is 2.25. The molecule has 1 atom stereocenters. The highest BCUT2D eigenvalue weighted by molar-refractivity contribution is 7.99. The molecule has 6 heteroatoms. The average Bonchev–Trinajstić information content (AvgIpc) is 2.52. The van der Waals surface area contributed by atoms with Crippen molar-refractivity contribution in [2.24, 2.45) is 0 Å². The number of nitrogens with zero attached hydrogens (tertiary/aromatic N) is 2. The van der Waals surface area contributed by atoms with Gasteiger partial charge in [-0.15, -0.1) is 0 Å². The fourth-order valence-corrected chi connectivity index (χ4v) is 2.99. The summed E-state index contributed by atoms with van der Waals surface area (Å²) in [5, 5.41) is 13.4. The highest BCUT2D eigenvalue weighted by Gasteiger charge is 2.31. The number of thioether (sulfide) groups is 1. The summed E-state index contributed by atoms with van der Waals surface area (Å²) < 4.78 is 0. The third kappa shape index (κ3) is 3.72. The lowest BCUT2D eigenvalue weighted by Crippen LogP contribution is -2.43. The first kappa shape index (κ1) is 15.3. The number of rotatable bonds is 6. The van der Waals surface area contributed by atoms with Crippen molar-refractivity contribution < 1.29 is 0 Å². The van der Waals surface area contributed by atoms with Crippen LogP contribution in [0.25, 0.3) is 0 Å². The van der Waals surface area contributed by atoms with E-state index in [4.69, 9.17) is 0 Å². The average molecular weight is 300 g/mol. The molecule has 1 aromatic heterocycles. The second-order valence-electron chi connectivity index (χ2n) is 4.44. The molecule has 0 aliphatic rings. The lowest BCUT2D eigenvalue weighted by atomic mass is 9.93. The molecule has 1 unspecified atom stereocenters. The highest BCUT2D eigenvalue weighted by atomic mass is 32.2. The van der Waals surface area contributed by atoms with Gasteiger partial charge in [-0.3, -0.25) is 10.1 Å². The maximum Gasteiger partial charge on any atom is 0.251 e. The molecule has 0 saturated heterocycles. The first-order valence-electron chi connectivity index (χ1n) is 6.60. The summed E-state index contributed by atoms with van der Waals surface area (Å²) in [6.07, 6.45) is 1.46. The molecule has 108 valence electrons. The fourth-order valence-electron chi connectivity index (χ4n) is 2.00. The van der Waals surface area contributed by atoms with Crippen molar-refractivity contribution in [3.8, 4) is 6.07 Å². The Morgan fingerprint density at radius 3 is 2.76 bits per heavy atom. The van der Waals surface area contributed by atoms with Crippen LogP contribution in [0.2, 0.25) is 0 Å². The summed E-state index contributed by atoms with van der Waals surface area (Å²) in [5.74, 6) is 0.453. The normalized spacial score (nSPS) is 13.3. The van der Waals surface area contributed by atoms with E-state index >= 15 is 0 Å². The molecule has 1 aromatic carbocycles. The molecule has 2 aromatic rings. The minimum Gasteiger partial charge on any atom is -0.301 e. The Morgan fingerprint density at radius 2 is 2.14 bits per heavy atom. The number of H-pyrrole nitrogens is 1. The summed E-state index contributed by atoms with van der Waals surface area (Å²) in [4.78, 5) is 18.0. The van der Waals surface area contributed by atoms with Crippen molar-refractivity contribution >= 4 is 11.8 Å². The number of hydrogen-bond acceptors (Lipinski definition) is 5. The summed E-state index contributed by atoms with van der Waals surface area (Å²) in [6.45, 7) is 2.63.